The number of hydrogen-bond donors (Lipinski definition) is 0. The predicted molar refractivity (Wildman–Crippen MR) is 163 cm³/mol. The molecule has 0 fully saturated rings. The first kappa shape index (κ1) is 27.6. The molecule has 0 bridgehead atoms. The smallest absolute Gasteiger partial charge is 0.338 e. The van der Waals surface area contributed by atoms with Crippen molar-refractivity contribution in [2.45, 2.75) is 33.7 Å². The molecule has 0 unspecified atom stereocenters. The Balaban J connectivity index is 1.48. The molecule has 2 aromatic carbocycles. The summed E-state index contributed by atoms with van der Waals surface area (Å²) in [7, 11) is 3.94. The molecule has 216 valence electrons. The van der Waals surface area contributed by atoms with E-state index in [-0.39, 0.29) is 19.0 Å². The number of hydrogen-bond acceptors (Lipinski definition) is 8. The summed E-state index contributed by atoms with van der Waals surface area (Å²) >= 11 is 1.32. The van der Waals surface area contributed by atoms with E-state index < -0.39 is 12.0 Å². The molecule has 0 N–H and O–H groups in total. The molecular formula is C32H32N4O5S. The highest BCUT2D eigenvalue weighted by Gasteiger charge is 2.33. The standard InChI is InChI=1S/C32H32N4O5S/c1-7-39-31(38)28-19(3)33-32-36(29(28)21-8-10-23(11-9-21)34(5)6)30(37)27(42-32)15-22-14-18(2)35(20(22)4)24-12-13-25-26(16-24)41-17-40-25/h8-16,29H,7,17H2,1-6H3/b27-15+/t29-/m1/s1. The fourth-order valence-electron chi connectivity index (χ4n) is 5.56. The van der Waals surface area contributed by atoms with Gasteiger partial charge in [-0.3, -0.25) is 9.36 Å². The lowest BCUT2D eigenvalue weighted by atomic mass is 9.95. The van der Waals surface area contributed by atoms with Gasteiger partial charge in [-0.25, -0.2) is 9.79 Å². The van der Waals surface area contributed by atoms with Crippen molar-refractivity contribution in [3.05, 3.63) is 102 Å². The molecule has 0 radical (unpaired) electrons. The summed E-state index contributed by atoms with van der Waals surface area (Å²) in [6.45, 7) is 8.06. The third kappa shape index (κ3) is 4.61. The fraction of sp³-hybridized carbons (Fsp3) is 0.281. The molecule has 2 aliphatic rings. The second-order valence-electron chi connectivity index (χ2n) is 10.5. The van der Waals surface area contributed by atoms with Gasteiger partial charge < -0.3 is 23.7 Å². The SMILES string of the molecule is CCOC(=O)C1=C(C)N=c2s/c(=C/c3cc(C)n(-c4ccc5c(c4)OCO5)c3C)c(=O)n2[C@@H]1c1ccc(N(C)C)cc1. The maximum Gasteiger partial charge on any atom is 0.338 e. The number of allylic oxidation sites excluding steroid dienone is 1. The van der Waals surface area contributed by atoms with Crippen molar-refractivity contribution in [1.82, 2.24) is 9.13 Å². The maximum atomic E-state index is 14.1. The van der Waals surface area contributed by atoms with Gasteiger partial charge in [0.15, 0.2) is 16.3 Å². The van der Waals surface area contributed by atoms with E-state index >= 15 is 0 Å². The second-order valence-corrected chi connectivity index (χ2v) is 11.5. The number of carbonyl (C=O) groups is 1. The number of fused-ring (bicyclic) bond motifs is 2. The number of benzene rings is 2. The molecule has 0 spiro atoms. The first-order valence-corrected chi connectivity index (χ1v) is 14.6. The lowest BCUT2D eigenvalue weighted by Crippen LogP contribution is -2.40. The summed E-state index contributed by atoms with van der Waals surface area (Å²) in [5.41, 5.74) is 6.41. The Morgan fingerprint density at radius 2 is 1.83 bits per heavy atom. The van der Waals surface area contributed by atoms with Crippen LogP contribution < -0.4 is 29.3 Å². The number of anilines is 1. The molecule has 0 saturated heterocycles. The van der Waals surface area contributed by atoms with Gasteiger partial charge in [0.2, 0.25) is 6.79 Å². The molecule has 4 heterocycles. The van der Waals surface area contributed by atoms with Crippen molar-refractivity contribution in [3.63, 3.8) is 0 Å². The summed E-state index contributed by atoms with van der Waals surface area (Å²) < 4.78 is 20.8. The Kier molecular flexibility index (Phi) is 7.02. The van der Waals surface area contributed by atoms with Crippen LogP contribution in [0.1, 0.15) is 42.4 Å². The van der Waals surface area contributed by atoms with Crippen LogP contribution in [0.25, 0.3) is 11.8 Å². The molecule has 2 aromatic heterocycles. The number of aryl methyl sites for hydroxylation is 1. The highest BCUT2D eigenvalue weighted by atomic mass is 32.1. The molecule has 4 aromatic rings. The normalized spacial score (nSPS) is 16.0. The lowest BCUT2D eigenvalue weighted by Gasteiger charge is -2.25. The molecule has 6 rings (SSSR count). The van der Waals surface area contributed by atoms with Gasteiger partial charge in [-0.2, -0.15) is 0 Å². The lowest BCUT2D eigenvalue weighted by molar-refractivity contribution is -0.139. The summed E-state index contributed by atoms with van der Waals surface area (Å²) in [4.78, 5) is 34.5. The topological polar surface area (TPSA) is 87.3 Å². The molecule has 0 saturated carbocycles. The average molecular weight is 585 g/mol. The van der Waals surface area contributed by atoms with E-state index in [1.807, 2.05) is 81.4 Å². The number of nitrogens with zero attached hydrogens (tertiary/aromatic N) is 4. The molecule has 0 amide bonds. The van der Waals surface area contributed by atoms with Crippen molar-refractivity contribution in [2.75, 3.05) is 32.4 Å². The van der Waals surface area contributed by atoms with Gasteiger partial charge in [-0.05, 0) is 75.2 Å². The van der Waals surface area contributed by atoms with Crippen LogP contribution in [0, 0.1) is 13.8 Å². The van der Waals surface area contributed by atoms with E-state index in [4.69, 9.17) is 19.2 Å². The van der Waals surface area contributed by atoms with Gasteiger partial charge in [0.05, 0.1) is 28.5 Å². The third-order valence-corrected chi connectivity index (χ3v) is 8.60. The van der Waals surface area contributed by atoms with Crippen molar-refractivity contribution >= 4 is 29.1 Å². The summed E-state index contributed by atoms with van der Waals surface area (Å²) in [6.07, 6.45) is 1.91. The molecule has 0 aliphatic carbocycles. The van der Waals surface area contributed by atoms with Gasteiger partial charge in [0.25, 0.3) is 5.56 Å². The van der Waals surface area contributed by atoms with Gasteiger partial charge in [0.1, 0.15) is 0 Å². The number of carbonyl (C=O) groups excluding carboxylic acids is 1. The average Bonchev–Trinajstić information content (AvgIpc) is 3.63. The molecule has 10 heteroatoms. The van der Waals surface area contributed by atoms with Crippen LogP contribution in [0.2, 0.25) is 0 Å². The Bertz CT molecular complexity index is 1930. The van der Waals surface area contributed by atoms with Crippen LogP contribution in [0.3, 0.4) is 0 Å². The van der Waals surface area contributed by atoms with Crippen LogP contribution in [-0.4, -0.2) is 42.6 Å². The van der Waals surface area contributed by atoms with Crippen molar-refractivity contribution in [1.29, 1.82) is 0 Å². The monoisotopic (exact) mass is 584 g/mol. The number of aromatic nitrogens is 2. The van der Waals surface area contributed by atoms with Gasteiger partial charge in [-0.15, -0.1) is 0 Å². The Labute approximate surface area is 247 Å². The Morgan fingerprint density at radius 3 is 2.55 bits per heavy atom. The predicted octanol–water partition coefficient (Wildman–Crippen LogP) is 4.00. The number of rotatable bonds is 6. The highest BCUT2D eigenvalue weighted by Crippen LogP contribution is 2.35. The summed E-state index contributed by atoms with van der Waals surface area (Å²) in [5, 5.41) is 0. The van der Waals surface area contributed by atoms with Crippen molar-refractivity contribution < 1.29 is 19.0 Å². The van der Waals surface area contributed by atoms with E-state index in [0.717, 1.165) is 39.6 Å². The van der Waals surface area contributed by atoms with E-state index in [1.54, 1.807) is 18.4 Å². The van der Waals surface area contributed by atoms with E-state index in [9.17, 15) is 9.59 Å². The van der Waals surface area contributed by atoms with E-state index in [1.165, 1.54) is 11.3 Å². The van der Waals surface area contributed by atoms with Gasteiger partial charge in [-0.1, -0.05) is 23.5 Å². The van der Waals surface area contributed by atoms with Crippen LogP contribution in [0.5, 0.6) is 11.5 Å². The molecule has 1 atom stereocenters. The van der Waals surface area contributed by atoms with Gasteiger partial charge >= 0.3 is 5.97 Å². The first-order valence-electron chi connectivity index (χ1n) is 13.7. The van der Waals surface area contributed by atoms with Crippen LogP contribution in [0.4, 0.5) is 5.69 Å². The van der Waals surface area contributed by atoms with Crippen LogP contribution in [-0.2, 0) is 9.53 Å². The number of esters is 1. The fourth-order valence-corrected chi connectivity index (χ4v) is 6.60. The largest absolute Gasteiger partial charge is 0.463 e. The quantitative estimate of drug-likeness (QED) is 0.319. The highest BCUT2D eigenvalue weighted by molar-refractivity contribution is 7.07. The second kappa shape index (κ2) is 10.7. The minimum atomic E-state index is -0.653. The van der Waals surface area contributed by atoms with E-state index in [2.05, 4.69) is 10.6 Å². The number of thiazole rings is 1. The molecule has 9 nitrogen and oxygen atoms in total. The molecule has 42 heavy (non-hydrogen) atoms. The zero-order valence-electron chi connectivity index (χ0n) is 24.4. The Hall–Kier alpha value is -4.57. The zero-order chi connectivity index (χ0) is 29.7. The zero-order valence-corrected chi connectivity index (χ0v) is 25.2. The van der Waals surface area contributed by atoms with Crippen molar-refractivity contribution in [2.24, 2.45) is 4.99 Å². The first-order chi connectivity index (χ1) is 20.2. The molecule has 2 aliphatic heterocycles. The molecular weight excluding hydrogens is 552 g/mol. The van der Waals surface area contributed by atoms with E-state index in [0.29, 0.717) is 26.4 Å². The summed E-state index contributed by atoms with van der Waals surface area (Å²) in [5.74, 6) is 0.967. The van der Waals surface area contributed by atoms with Crippen LogP contribution >= 0.6 is 11.3 Å². The minimum absolute atomic E-state index is 0.206. The minimum Gasteiger partial charge on any atom is -0.463 e. The number of ether oxygens (including phenoxy) is 3. The maximum absolute atomic E-state index is 14.1. The van der Waals surface area contributed by atoms with Gasteiger partial charge in [0, 0.05) is 42.9 Å². The van der Waals surface area contributed by atoms with Crippen LogP contribution in [0.15, 0.2) is 69.6 Å². The van der Waals surface area contributed by atoms with Crippen molar-refractivity contribution in [3.8, 4) is 17.2 Å². The third-order valence-electron chi connectivity index (χ3n) is 7.61. The summed E-state index contributed by atoms with van der Waals surface area (Å²) in [6, 6.07) is 15.1. The Morgan fingerprint density at radius 1 is 1.10 bits per heavy atom.